The average molecular weight is 389 g/mol. The Balaban J connectivity index is 1.94. The predicted molar refractivity (Wildman–Crippen MR) is 104 cm³/mol. The van der Waals surface area contributed by atoms with Crippen LogP contribution in [0.1, 0.15) is 30.9 Å². The number of hydrogen-bond acceptors (Lipinski definition) is 3. The maximum absolute atomic E-state index is 13.0. The summed E-state index contributed by atoms with van der Waals surface area (Å²) in [5.41, 5.74) is 0.840. The highest BCUT2D eigenvalue weighted by Crippen LogP contribution is 2.34. The van der Waals surface area contributed by atoms with Gasteiger partial charge in [-0.05, 0) is 44.3 Å². The minimum absolute atomic E-state index is 0.106. The minimum Gasteiger partial charge on any atom is -0.293 e. The number of halogens is 3. The summed E-state index contributed by atoms with van der Waals surface area (Å²) in [6.07, 6.45) is -2.38. The van der Waals surface area contributed by atoms with E-state index in [4.69, 9.17) is 0 Å². The summed E-state index contributed by atoms with van der Waals surface area (Å²) in [6.45, 7) is 3.35. The Morgan fingerprint density at radius 2 is 1.86 bits per heavy atom. The van der Waals surface area contributed by atoms with Crippen LogP contribution >= 0.6 is 0 Å². The van der Waals surface area contributed by atoms with Crippen LogP contribution < -0.4 is 4.90 Å². The van der Waals surface area contributed by atoms with E-state index in [2.05, 4.69) is 11.9 Å². The SMILES string of the molecule is CCCCN(C)CN1C(=O)C(=Nc2cccc(C(F)(F)F)c2)c2ccccc21. The highest BCUT2D eigenvalue weighted by molar-refractivity contribution is 6.54. The first-order chi connectivity index (χ1) is 13.3. The molecular weight excluding hydrogens is 367 g/mol. The highest BCUT2D eigenvalue weighted by atomic mass is 19.4. The molecule has 4 nitrogen and oxygen atoms in total. The molecule has 0 radical (unpaired) electrons. The van der Waals surface area contributed by atoms with Gasteiger partial charge in [0, 0.05) is 5.56 Å². The fraction of sp³-hybridized carbons (Fsp3) is 0.333. The molecule has 0 unspecified atom stereocenters. The Bertz CT molecular complexity index is 892. The molecule has 1 aliphatic rings. The monoisotopic (exact) mass is 389 g/mol. The van der Waals surface area contributed by atoms with Crippen molar-refractivity contribution < 1.29 is 18.0 Å². The standard InChI is InChI=1S/C21H22F3N3O/c1-3-4-12-26(2)14-27-18-11-6-5-10-17(18)19(20(27)28)25-16-9-7-8-15(13-16)21(22,23)24/h5-11,13H,3-4,12,14H2,1-2H3. The molecule has 0 spiro atoms. The van der Waals surface area contributed by atoms with Crippen LogP contribution in [0.2, 0.25) is 0 Å². The lowest BCUT2D eigenvalue weighted by Crippen LogP contribution is -2.39. The summed E-state index contributed by atoms with van der Waals surface area (Å²) in [6, 6.07) is 11.9. The summed E-state index contributed by atoms with van der Waals surface area (Å²) in [7, 11) is 1.94. The van der Waals surface area contributed by atoms with Gasteiger partial charge in [-0.3, -0.25) is 14.6 Å². The molecule has 7 heteroatoms. The van der Waals surface area contributed by atoms with Gasteiger partial charge in [0.05, 0.1) is 23.6 Å². The largest absolute Gasteiger partial charge is 0.416 e. The van der Waals surface area contributed by atoms with Gasteiger partial charge in [0.25, 0.3) is 5.91 Å². The first-order valence-corrected chi connectivity index (χ1v) is 9.17. The molecule has 28 heavy (non-hydrogen) atoms. The van der Waals surface area contributed by atoms with E-state index in [1.54, 1.807) is 17.0 Å². The van der Waals surface area contributed by atoms with Crippen LogP contribution in [-0.4, -0.2) is 36.8 Å². The molecule has 0 bridgehead atoms. The maximum atomic E-state index is 13.0. The summed E-state index contributed by atoms with van der Waals surface area (Å²) >= 11 is 0. The van der Waals surface area contributed by atoms with Crippen molar-refractivity contribution in [2.75, 3.05) is 25.2 Å². The van der Waals surface area contributed by atoms with Gasteiger partial charge in [-0.25, -0.2) is 4.99 Å². The predicted octanol–water partition coefficient (Wildman–Crippen LogP) is 4.86. The molecule has 0 saturated carbocycles. The smallest absolute Gasteiger partial charge is 0.293 e. The van der Waals surface area contributed by atoms with Crippen LogP contribution in [0.25, 0.3) is 0 Å². The zero-order valence-electron chi connectivity index (χ0n) is 15.8. The van der Waals surface area contributed by atoms with Gasteiger partial charge < -0.3 is 0 Å². The van der Waals surface area contributed by atoms with E-state index in [-0.39, 0.29) is 17.3 Å². The molecule has 148 valence electrons. The molecule has 0 N–H and O–H groups in total. The van der Waals surface area contributed by atoms with E-state index in [1.807, 2.05) is 24.1 Å². The second-order valence-electron chi connectivity index (χ2n) is 6.83. The lowest BCUT2D eigenvalue weighted by Gasteiger charge is -2.24. The van der Waals surface area contributed by atoms with Crippen molar-refractivity contribution >= 4 is 23.0 Å². The Morgan fingerprint density at radius 3 is 2.57 bits per heavy atom. The van der Waals surface area contributed by atoms with Crippen molar-refractivity contribution in [3.8, 4) is 0 Å². The Hall–Kier alpha value is -2.67. The third-order valence-electron chi connectivity index (χ3n) is 4.59. The Morgan fingerprint density at radius 1 is 1.11 bits per heavy atom. The van der Waals surface area contributed by atoms with Gasteiger partial charge in [-0.15, -0.1) is 0 Å². The molecule has 1 heterocycles. The van der Waals surface area contributed by atoms with Crippen molar-refractivity contribution in [2.24, 2.45) is 4.99 Å². The molecule has 0 aromatic heterocycles. The average Bonchev–Trinajstić information content (AvgIpc) is 2.92. The lowest BCUT2D eigenvalue weighted by atomic mass is 10.1. The zero-order chi connectivity index (χ0) is 20.3. The Kier molecular flexibility index (Phi) is 5.84. The van der Waals surface area contributed by atoms with E-state index in [0.717, 1.165) is 37.2 Å². The number of nitrogens with zero attached hydrogens (tertiary/aromatic N) is 3. The van der Waals surface area contributed by atoms with E-state index in [0.29, 0.717) is 12.2 Å². The molecule has 2 aromatic rings. The third-order valence-corrected chi connectivity index (χ3v) is 4.59. The van der Waals surface area contributed by atoms with E-state index in [1.165, 1.54) is 12.1 Å². The van der Waals surface area contributed by atoms with Crippen LogP contribution in [0.15, 0.2) is 53.5 Å². The molecule has 0 atom stereocenters. The molecule has 0 fully saturated rings. The zero-order valence-corrected chi connectivity index (χ0v) is 15.8. The van der Waals surface area contributed by atoms with E-state index < -0.39 is 11.7 Å². The number of carbonyl (C=O) groups excluding carboxylic acids is 1. The normalized spacial score (nSPS) is 15.6. The van der Waals surface area contributed by atoms with E-state index >= 15 is 0 Å². The van der Waals surface area contributed by atoms with E-state index in [9.17, 15) is 18.0 Å². The number of anilines is 1. The van der Waals surface area contributed by atoms with Gasteiger partial charge in [0.15, 0.2) is 0 Å². The molecular formula is C21H22F3N3O. The number of carbonyl (C=O) groups is 1. The number of alkyl halides is 3. The van der Waals surface area contributed by atoms with Gasteiger partial charge in [-0.2, -0.15) is 13.2 Å². The highest BCUT2D eigenvalue weighted by Gasteiger charge is 2.34. The van der Waals surface area contributed by atoms with Crippen LogP contribution in [0.3, 0.4) is 0 Å². The number of unbranched alkanes of at least 4 members (excludes halogenated alkanes) is 1. The van der Waals surface area contributed by atoms with Crippen molar-refractivity contribution in [1.82, 2.24) is 4.90 Å². The van der Waals surface area contributed by atoms with Crippen LogP contribution in [-0.2, 0) is 11.0 Å². The Labute approximate surface area is 162 Å². The molecule has 1 aliphatic heterocycles. The lowest BCUT2D eigenvalue weighted by molar-refractivity contribution is -0.137. The first-order valence-electron chi connectivity index (χ1n) is 9.17. The molecule has 1 amide bonds. The van der Waals surface area contributed by atoms with Gasteiger partial charge >= 0.3 is 6.18 Å². The summed E-state index contributed by atoms with van der Waals surface area (Å²) in [5, 5.41) is 0. The minimum atomic E-state index is -4.46. The number of para-hydroxylation sites is 1. The number of hydrogen-bond donors (Lipinski definition) is 0. The van der Waals surface area contributed by atoms with Gasteiger partial charge in [0.1, 0.15) is 5.71 Å². The first kappa shape index (κ1) is 20.1. The number of benzene rings is 2. The number of rotatable bonds is 6. The van der Waals surface area contributed by atoms with Crippen molar-refractivity contribution in [1.29, 1.82) is 0 Å². The van der Waals surface area contributed by atoms with Crippen molar-refractivity contribution in [3.05, 3.63) is 59.7 Å². The molecule has 0 saturated heterocycles. The molecule has 0 aliphatic carbocycles. The van der Waals surface area contributed by atoms with Gasteiger partial charge in [-0.1, -0.05) is 37.6 Å². The number of fused-ring (bicyclic) bond motifs is 1. The fourth-order valence-electron chi connectivity index (χ4n) is 3.13. The summed E-state index contributed by atoms with van der Waals surface area (Å²) in [5.74, 6) is -0.304. The van der Waals surface area contributed by atoms with Crippen LogP contribution in [0.5, 0.6) is 0 Å². The fourth-order valence-corrected chi connectivity index (χ4v) is 3.13. The van der Waals surface area contributed by atoms with Crippen molar-refractivity contribution in [2.45, 2.75) is 25.9 Å². The summed E-state index contributed by atoms with van der Waals surface area (Å²) < 4.78 is 38.9. The second-order valence-corrected chi connectivity index (χ2v) is 6.83. The molecule has 3 rings (SSSR count). The summed E-state index contributed by atoms with van der Waals surface area (Å²) in [4.78, 5) is 21.0. The van der Waals surface area contributed by atoms with Crippen molar-refractivity contribution in [3.63, 3.8) is 0 Å². The third kappa shape index (κ3) is 4.25. The molecule has 2 aromatic carbocycles. The number of aliphatic imine (C=N–C) groups is 1. The topological polar surface area (TPSA) is 35.9 Å². The van der Waals surface area contributed by atoms with Crippen LogP contribution in [0.4, 0.5) is 24.5 Å². The van der Waals surface area contributed by atoms with Gasteiger partial charge in [0.2, 0.25) is 0 Å². The second kappa shape index (κ2) is 8.14. The quantitative estimate of drug-likeness (QED) is 0.707. The van der Waals surface area contributed by atoms with Crippen LogP contribution in [0, 0.1) is 0 Å². The maximum Gasteiger partial charge on any atom is 0.416 e. The number of amides is 1.